The van der Waals surface area contributed by atoms with Crippen LogP contribution in [0, 0.1) is 0 Å². The molecule has 2 heterocycles. The number of ether oxygens (including phenoxy) is 1. The quantitative estimate of drug-likeness (QED) is 0.745. The molecule has 6 nitrogen and oxygen atoms in total. The predicted octanol–water partition coefficient (Wildman–Crippen LogP) is 3.66. The van der Waals surface area contributed by atoms with Crippen molar-refractivity contribution in [2.75, 3.05) is 31.5 Å². The second-order valence-electron chi connectivity index (χ2n) is 7.70. The van der Waals surface area contributed by atoms with Gasteiger partial charge in [0.15, 0.2) is 11.5 Å². The Morgan fingerprint density at radius 3 is 2.60 bits per heavy atom. The van der Waals surface area contributed by atoms with Crippen molar-refractivity contribution in [1.29, 1.82) is 0 Å². The Morgan fingerprint density at radius 1 is 1.07 bits per heavy atom. The number of anilines is 1. The average Bonchev–Trinajstić information content (AvgIpc) is 3.03. The largest absolute Gasteiger partial charge is 0.449 e. The van der Waals surface area contributed by atoms with Crippen LogP contribution in [0.4, 0.5) is 5.69 Å². The molecule has 0 spiro atoms. The van der Waals surface area contributed by atoms with Crippen LogP contribution in [0.15, 0.2) is 54.3 Å². The minimum atomic E-state index is -0.329. The van der Waals surface area contributed by atoms with Gasteiger partial charge in [-0.2, -0.15) is 0 Å². The van der Waals surface area contributed by atoms with Gasteiger partial charge in [-0.15, -0.1) is 0 Å². The number of carbonyl (C=O) groups is 2. The molecule has 4 rings (SSSR count). The summed E-state index contributed by atoms with van der Waals surface area (Å²) in [5.74, 6) is 0.277. The predicted molar refractivity (Wildman–Crippen MR) is 117 cm³/mol. The molecule has 1 fully saturated rings. The molecule has 6 heteroatoms. The van der Waals surface area contributed by atoms with Crippen LogP contribution in [0.5, 0.6) is 5.75 Å². The van der Waals surface area contributed by atoms with E-state index in [-0.39, 0.29) is 17.6 Å². The van der Waals surface area contributed by atoms with Gasteiger partial charge in [0.05, 0.1) is 5.69 Å². The number of likely N-dealkylation sites (tertiary alicyclic amines) is 1. The van der Waals surface area contributed by atoms with Crippen LogP contribution < -0.4 is 15.4 Å². The fourth-order valence-corrected chi connectivity index (χ4v) is 3.79. The Morgan fingerprint density at radius 2 is 1.83 bits per heavy atom. The summed E-state index contributed by atoms with van der Waals surface area (Å²) in [5.41, 5.74) is 1.89. The Kier molecular flexibility index (Phi) is 6.44. The van der Waals surface area contributed by atoms with Gasteiger partial charge in [0.25, 0.3) is 11.8 Å². The molecule has 0 saturated carbocycles. The number of carbonyl (C=O) groups excluding carboxylic acids is 2. The molecule has 2 aromatic carbocycles. The van der Waals surface area contributed by atoms with E-state index in [2.05, 4.69) is 15.5 Å². The number of fused-ring (bicyclic) bond motifs is 1. The number of hydrogen-bond acceptors (Lipinski definition) is 4. The number of benzene rings is 2. The van der Waals surface area contributed by atoms with Crippen molar-refractivity contribution in [2.24, 2.45) is 0 Å². The van der Waals surface area contributed by atoms with Gasteiger partial charge < -0.3 is 20.3 Å². The van der Waals surface area contributed by atoms with Crippen LogP contribution in [0.2, 0.25) is 0 Å². The fraction of sp³-hybridized carbons (Fsp3) is 0.333. The summed E-state index contributed by atoms with van der Waals surface area (Å²) in [4.78, 5) is 27.4. The summed E-state index contributed by atoms with van der Waals surface area (Å²) in [6, 6.07) is 14.6. The topological polar surface area (TPSA) is 70.7 Å². The fourth-order valence-electron chi connectivity index (χ4n) is 3.79. The molecular weight excluding hydrogens is 378 g/mol. The molecule has 0 aliphatic carbocycles. The summed E-state index contributed by atoms with van der Waals surface area (Å²) in [5, 5.41) is 5.80. The second-order valence-corrected chi connectivity index (χ2v) is 7.70. The number of rotatable bonds is 5. The Labute approximate surface area is 176 Å². The van der Waals surface area contributed by atoms with Crippen LogP contribution in [0.1, 0.15) is 41.6 Å². The van der Waals surface area contributed by atoms with Crippen molar-refractivity contribution >= 4 is 23.6 Å². The zero-order valence-electron chi connectivity index (χ0n) is 17.0. The van der Waals surface area contributed by atoms with E-state index in [4.69, 9.17) is 4.74 Å². The molecule has 2 aliphatic rings. The van der Waals surface area contributed by atoms with E-state index in [0.717, 1.165) is 25.2 Å². The first-order valence-corrected chi connectivity index (χ1v) is 10.6. The van der Waals surface area contributed by atoms with Crippen LogP contribution in [0.3, 0.4) is 0 Å². The minimum Gasteiger partial charge on any atom is -0.449 e. The minimum absolute atomic E-state index is 0.146. The standard InChI is InChI=1S/C24H27N3O3/c28-23(25-12-15-27-13-6-1-2-7-14-27)19-10-11-21-20(17-19)26-24(29)22(30-21)16-18-8-4-3-5-9-18/h3-5,8-11,16-17H,1-2,6-7,12-15H2,(H,25,28)(H,26,29)/b22-16+. The van der Waals surface area contributed by atoms with Gasteiger partial charge >= 0.3 is 0 Å². The number of nitrogens with zero attached hydrogens (tertiary/aromatic N) is 1. The summed E-state index contributed by atoms with van der Waals surface area (Å²) in [6.07, 6.45) is 6.77. The highest BCUT2D eigenvalue weighted by Crippen LogP contribution is 2.32. The number of amides is 2. The third-order valence-corrected chi connectivity index (χ3v) is 5.44. The van der Waals surface area contributed by atoms with Gasteiger partial charge in [-0.25, -0.2) is 0 Å². The monoisotopic (exact) mass is 405 g/mol. The lowest BCUT2D eigenvalue weighted by Crippen LogP contribution is -2.35. The second kappa shape index (κ2) is 9.59. The van der Waals surface area contributed by atoms with E-state index in [1.807, 2.05) is 30.3 Å². The first kappa shape index (κ1) is 20.2. The molecule has 0 radical (unpaired) electrons. The molecule has 2 amide bonds. The maximum atomic E-state index is 12.5. The van der Waals surface area contributed by atoms with Crippen molar-refractivity contribution in [1.82, 2.24) is 10.2 Å². The molecule has 0 atom stereocenters. The van der Waals surface area contributed by atoms with Crippen LogP contribution in [0.25, 0.3) is 6.08 Å². The first-order valence-electron chi connectivity index (χ1n) is 10.6. The number of nitrogens with one attached hydrogen (secondary N) is 2. The molecule has 2 aromatic rings. The highest BCUT2D eigenvalue weighted by molar-refractivity contribution is 6.09. The SMILES string of the molecule is O=C1Nc2cc(C(=O)NCCN3CCCCCC3)ccc2O/C1=C/c1ccccc1. The first-order chi connectivity index (χ1) is 14.7. The molecular formula is C24H27N3O3. The van der Waals surface area contributed by atoms with Gasteiger partial charge in [0.2, 0.25) is 0 Å². The highest BCUT2D eigenvalue weighted by atomic mass is 16.5. The summed E-state index contributed by atoms with van der Waals surface area (Å²) in [6.45, 7) is 3.70. The lowest BCUT2D eigenvalue weighted by atomic mass is 10.1. The van der Waals surface area contributed by atoms with Crippen molar-refractivity contribution in [3.63, 3.8) is 0 Å². The molecule has 0 bridgehead atoms. The van der Waals surface area contributed by atoms with Crippen molar-refractivity contribution in [2.45, 2.75) is 25.7 Å². The van der Waals surface area contributed by atoms with E-state index in [0.29, 0.717) is 23.5 Å². The van der Waals surface area contributed by atoms with Crippen molar-refractivity contribution in [3.05, 3.63) is 65.4 Å². The highest BCUT2D eigenvalue weighted by Gasteiger charge is 2.23. The lowest BCUT2D eigenvalue weighted by molar-refractivity contribution is -0.115. The zero-order valence-corrected chi connectivity index (χ0v) is 17.0. The molecule has 2 aliphatic heterocycles. The maximum absolute atomic E-state index is 12.5. The van der Waals surface area contributed by atoms with Gasteiger partial charge in [-0.3, -0.25) is 9.59 Å². The smallest absolute Gasteiger partial charge is 0.291 e. The number of hydrogen-bond donors (Lipinski definition) is 2. The van der Waals surface area contributed by atoms with E-state index < -0.39 is 0 Å². The maximum Gasteiger partial charge on any atom is 0.291 e. The van der Waals surface area contributed by atoms with E-state index in [1.165, 1.54) is 25.7 Å². The molecule has 0 aromatic heterocycles. The Balaban J connectivity index is 1.37. The summed E-state index contributed by atoms with van der Waals surface area (Å²) < 4.78 is 5.77. The van der Waals surface area contributed by atoms with Gasteiger partial charge in [-0.1, -0.05) is 43.2 Å². The van der Waals surface area contributed by atoms with Gasteiger partial charge in [0.1, 0.15) is 0 Å². The Bertz CT molecular complexity index is 932. The van der Waals surface area contributed by atoms with Crippen molar-refractivity contribution < 1.29 is 14.3 Å². The van der Waals surface area contributed by atoms with Crippen LogP contribution >= 0.6 is 0 Å². The van der Waals surface area contributed by atoms with Crippen LogP contribution in [-0.4, -0.2) is 42.9 Å². The van der Waals surface area contributed by atoms with Gasteiger partial charge in [-0.05, 0) is 55.8 Å². The van der Waals surface area contributed by atoms with E-state index in [9.17, 15) is 9.59 Å². The van der Waals surface area contributed by atoms with Crippen LogP contribution in [-0.2, 0) is 4.79 Å². The van der Waals surface area contributed by atoms with E-state index in [1.54, 1.807) is 24.3 Å². The Hall–Kier alpha value is -3.12. The molecule has 2 N–H and O–H groups in total. The molecule has 156 valence electrons. The molecule has 1 saturated heterocycles. The summed E-state index contributed by atoms with van der Waals surface area (Å²) in [7, 11) is 0. The zero-order chi connectivity index (χ0) is 20.8. The molecule has 0 unspecified atom stereocenters. The average molecular weight is 405 g/mol. The van der Waals surface area contributed by atoms with Gasteiger partial charge in [0, 0.05) is 18.7 Å². The lowest BCUT2D eigenvalue weighted by Gasteiger charge is -2.21. The van der Waals surface area contributed by atoms with Crippen molar-refractivity contribution in [3.8, 4) is 5.75 Å². The normalized spacial score (nSPS) is 18.1. The molecule has 30 heavy (non-hydrogen) atoms. The summed E-state index contributed by atoms with van der Waals surface area (Å²) >= 11 is 0. The van der Waals surface area contributed by atoms with E-state index >= 15 is 0 Å². The third kappa shape index (κ3) is 5.07. The third-order valence-electron chi connectivity index (χ3n) is 5.44.